The van der Waals surface area contributed by atoms with Crippen LogP contribution in [0.1, 0.15) is 35.2 Å². The fraction of sp³-hybridized carbons (Fsp3) is 0.128. The van der Waals surface area contributed by atoms with Crippen LogP contribution in [0, 0.1) is 0 Å². The number of nitrogens with zero attached hydrogens (tertiary/aromatic N) is 3. The lowest BCUT2D eigenvalue weighted by Gasteiger charge is -2.23. The minimum Gasteiger partial charge on any atom is -0.507 e. The van der Waals surface area contributed by atoms with Crippen LogP contribution in [0.3, 0.4) is 0 Å². The molecule has 49 heavy (non-hydrogen) atoms. The molecule has 1 amide bonds. The Balaban J connectivity index is 1.25. The lowest BCUT2D eigenvalue weighted by Crippen LogP contribution is -2.29. The Hall–Kier alpha value is -5.45. The number of ether oxygens (including phenoxy) is 2. The molecule has 1 aliphatic heterocycles. The van der Waals surface area contributed by atoms with Crippen LogP contribution in [0.15, 0.2) is 131 Å². The first-order valence-electron chi connectivity index (χ1n) is 15.7. The van der Waals surface area contributed by atoms with Crippen molar-refractivity contribution in [2.75, 3.05) is 11.5 Å². The lowest BCUT2D eigenvalue weighted by molar-refractivity contribution is -0.132. The van der Waals surface area contributed by atoms with Crippen LogP contribution in [-0.2, 0) is 21.9 Å². The van der Waals surface area contributed by atoms with Gasteiger partial charge in [0.1, 0.15) is 12.4 Å². The molecule has 1 unspecified atom stereocenters. The summed E-state index contributed by atoms with van der Waals surface area (Å²) in [5.74, 6) is -0.277. The molecule has 1 N–H and O–H groups in total. The Morgan fingerprint density at radius 2 is 1.57 bits per heavy atom. The number of anilines is 1. The number of carbonyl (C=O) groups excluding carboxylic acids is 2. The van der Waals surface area contributed by atoms with Crippen LogP contribution in [0.4, 0.5) is 5.13 Å². The number of benzene rings is 5. The van der Waals surface area contributed by atoms with Crippen molar-refractivity contribution in [3.05, 3.63) is 149 Å². The number of aliphatic hydroxyl groups is 1. The third kappa shape index (κ3) is 6.65. The van der Waals surface area contributed by atoms with Gasteiger partial charge >= 0.3 is 5.91 Å². The minimum atomic E-state index is -0.994. The summed E-state index contributed by atoms with van der Waals surface area (Å²) in [7, 11) is 0. The second-order valence-electron chi connectivity index (χ2n) is 11.2. The van der Waals surface area contributed by atoms with Gasteiger partial charge in [-0.2, -0.15) is 0 Å². The molecule has 10 heteroatoms. The topological polar surface area (TPSA) is 102 Å². The molecule has 1 saturated heterocycles. The van der Waals surface area contributed by atoms with Gasteiger partial charge in [0.15, 0.2) is 15.8 Å². The molecule has 1 aliphatic rings. The highest BCUT2D eigenvalue weighted by molar-refractivity contribution is 8.00. The number of thioether (sulfide) groups is 1. The molecule has 0 saturated carbocycles. The second kappa shape index (κ2) is 14.3. The van der Waals surface area contributed by atoms with Gasteiger partial charge in [-0.15, -0.1) is 10.2 Å². The molecule has 0 bridgehead atoms. The van der Waals surface area contributed by atoms with Gasteiger partial charge in [-0.05, 0) is 46.5 Å². The van der Waals surface area contributed by atoms with Crippen LogP contribution in [0.25, 0.3) is 16.5 Å². The maximum Gasteiger partial charge on any atom is 0.301 e. The van der Waals surface area contributed by atoms with Crippen LogP contribution in [0.2, 0.25) is 0 Å². The van der Waals surface area contributed by atoms with E-state index in [-0.39, 0.29) is 16.5 Å². The average molecular weight is 686 g/mol. The quantitative estimate of drug-likeness (QED) is 0.0476. The van der Waals surface area contributed by atoms with E-state index in [0.717, 1.165) is 21.9 Å². The number of hydrogen-bond acceptors (Lipinski definition) is 9. The van der Waals surface area contributed by atoms with Crippen molar-refractivity contribution in [1.29, 1.82) is 0 Å². The first-order valence-corrected chi connectivity index (χ1v) is 17.5. The van der Waals surface area contributed by atoms with Crippen molar-refractivity contribution in [3.63, 3.8) is 0 Å². The van der Waals surface area contributed by atoms with Crippen molar-refractivity contribution >= 4 is 56.5 Å². The third-order valence-corrected chi connectivity index (χ3v) is 10.2. The van der Waals surface area contributed by atoms with E-state index in [4.69, 9.17) is 9.47 Å². The zero-order chi connectivity index (χ0) is 33.7. The first-order chi connectivity index (χ1) is 24.0. The fourth-order valence-electron chi connectivity index (χ4n) is 5.83. The number of fused-ring (bicyclic) bond motifs is 1. The Morgan fingerprint density at radius 3 is 2.37 bits per heavy atom. The SMILES string of the molecule is CCOc1cc(C2/C(=C(\O)c3ccccc3)C(=O)C(=O)N2c2nnc(SCc3cccc4ccccc34)s2)ccc1OCc1ccccc1. The average Bonchev–Trinajstić information content (AvgIpc) is 3.72. The van der Waals surface area contributed by atoms with E-state index in [9.17, 15) is 14.7 Å². The summed E-state index contributed by atoms with van der Waals surface area (Å²) in [6.07, 6.45) is 0. The van der Waals surface area contributed by atoms with Crippen molar-refractivity contribution in [2.45, 2.75) is 29.7 Å². The van der Waals surface area contributed by atoms with Crippen molar-refractivity contribution in [3.8, 4) is 11.5 Å². The Morgan fingerprint density at radius 1 is 0.837 bits per heavy atom. The van der Waals surface area contributed by atoms with Gasteiger partial charge in [0, 0.05) is 11.3 Å². The van der Waals surface area contributed by atoms with Gasteiger partial charge in [0.05, 0.1) is 18.2 Å². The molecule has 244 valence electrons. The lowest BCUT2D eigenvalue weighted by atomic mass is 9.95. The molecule has 0 spiro atoms. The molecule has 0 aliphatic carbocycles. The Labute approximate surface area is 291 Å². The van der Waals surface area contributed by atoms with Crippen molar-refractivity contribution in [1.82, 2.24) is 10.2 Å². The summed E-state index contributed by atoms with van der Waals surface area (Å²) in [6.45, 7) is 2.56. The highest BCUT2D eigenvalue weighted by Gasteiger charge is 2.48. The van der Waals surface area contributed by atoms with Gasteiger partial charge < -0.3 is 14.6 Å². The minimum absolute atomic E-state index is 0.0447. The van der Waals surface area contributed by atoms with Crippen molar-refractivity contribution < 1.29 is 24.2 Å². The molecule has 2 heterocycles. The van der Waals surface area contributed by atoms with Crippen LogP contribution in [-0.4, -0.2) is 33.6 Å². The van der Waals surface area contributed by atoms with Gasteiger partial charge in [-0.25, -0.2) is 0 Å². The van der Waals surface area contributed by atoms with E-state index >= 15 is 0 Å². The number of amides is 1. The normalized spacial score (nSPS) is 15.5. The molecule has 7 rings (SSSR count). The molecule has 1 aromatic heterocycles. The second-order valence-corrected chi connectivity index (χ2v) is 13.4. The number of aliphatic hydroxyl groups excluding tert-OH is 1. The molecular formula is C39H31N3O5S2. The van der Waals surface area contributed by atoms with E-state index < -0.39 is 17.7 Å². The molecule has 0 radical (unpaired) electrons. The van der Waals surface area contributed by atoms with Gasteiger partial charge in [0.2, 0.25) is 5.13 Å². The number of Topliss-reactive ketones (excluding diaryl/α,β-unsaturated/α-hetero) is 1. The molecule has 8 nitrogen and oxygen atoms in total. The highest BCUT2D eigenvalue weighted by atomic mass is 32.2. The number of hydrogen-bond donors (Lipinski definition) is 1. The number of carbonyl (C=O) groups is 2. The summed E-state index contributed by atoms with van der Waals surface area (Å²) in [5, 5.41) is 22.9. The zero-order valence-corrected chi connectivity index (χ0v) is 28.1. The van der Waals surface area contributed by atoms with Crippen LogP contribution in [0.5, 0.6) is 11.5 Å². The predicted molar refractivity (Wildman–Crippen MR) is 193 cm³/mol. The maximum atomic E-state index is 13.8. The first kappa shape index (κ1) is 32.1. The fourth-order valence-corrected chi connectivity index (χ4v) is 7.70. The summed E-state index contributed by atoms with van der Waals surface area (Å²) in [5.41, 5.74) is 3.07. The monoisotopic (exact) mass is 685 g/mol. The Kier molecular flexibility index (Phi) is 9.40. The summed E-state index contributed by atoms with van der Waals surface area (Å²) >= 11 is 2.74. The van der Waals surface area contributed by atoms with Gasteiger partial charge in [-0.1, -0.05) is 132 Å². The van der Waals surface area contributed by atoms with Gasteiger partial charge in [0.25, 0.3) is 5.78 Å². The van der Waals surface area contributed by atoms with Crippen molar-refractivity contribution in [2.24, 2.45) is 0 Å². The standard InChI is InChI=1S/C39H31N3O5S2/c1-2-46-32-22-28(20-21-31(32)47-23-25-12-5-3-6-13-25)34-33(35(43)27-15-7-4-8-16-27)36(44)37(45)42(34)38-40-41-39(49-38)48-24-29-18-11-17-26-14-9-10-19-30(26)29/h3-22,34,43H,2,23-24H2,1H3/b35-33+. The highest BCUT2D eigenvalue weighted by Crippen LogP contribution is 2.46. The molecule has 1 atom stereocenters. The van der Waals surface area contributed by atoms with Crippen LogP contribution >= 0.6 is 23.1 Å². The van der Waals surface area contributed by atoms with E-state index in [1.54, 1.807) is 42.5 Å². The van der Waals surface area contributed by atoms with Crippen LogP contribution < -0.4 is 14.4 Å². The molecule has 1 fully saturated rings. The summed E-state index contributed by atoms with van der Waals surface area (Å²) < 4.78 is 12.8. The predicted octanol–water partition coefficient (Wildman–Crippen LogP) is 8.59. The summed E-state index contributed by atoms with van der Waals surface area (Å²) in [4.78, 5) is 28.9. The smallest absolute Gasteiger partial charge is 0.301 e. The number of aromatic nitrogens is 2. The van der Waals surface area contributed by atoms with E-state index in [0.29, 0.717) is 45.9 Å². The molecule has 5 aromatic carbocycles. The Bertz CT molecular complexity index is 2160. The molecular weight excluding hydrogens is 655 g/mol. The van der Waals surface area contributed by atoms with E-state index in [1.807, 2.05) is 61.5 Å². The maximum absolute atomic E-state index is 13.8. The van der Waals surface area contributed by atoms with E-state index in [2.05, 4.69) is 34.5 Å². The number of ketones is 1. The largest absolute Gasteiger partial charge is 0.507 e. The zero-order valence-electron chi connectivity index (χ0n) is 26.5. The van der Waals surface area contributed by atoms with E-state index in [1.165, 1.54) is 28.0 Å². The summed E-state index contributed by atoms with van der Waals surface area (Å²) in [6, 6.07) is 37.2. The number of rotatable bonds is 11. The molecule has 6 aromatic rings. The third-order valence-electron chi connectivity index (χ3n) is 8.15. The van der Waals surface area contributed by atoms with Gasteiger partial charge in [-0.3, -0.25) is 14.5 Å².